The third-order valence-electron chi connectivity index (χ3n) is 2.12. The fraction of sp³-hybridized carbons (Fsp3) is 0.667. The van der Waals surface area contributed by atoms with Gasteiger partial charge in [-0.2, -0.15) is 0 Å². The minimum absolute atomic E-state index is 0.117. The fourth-order valence-corrected chi connectivity index (χ4v) is 1.31. The molecule has 3 N–H and O–H groups in total. The Hall–Kier alpha value is -0.830. The van der Waals surface area contributed by atoms with E-state index in [1.54, 1.807) is 6.08 Å². The highest BCUT2D eigenvalue weighted by Gasteiger charge is 2.26. The quantitative estimate of drug-likeness (QED) is 0.603. The van der Waals surface area contributed by atoms with Gasteiger partial charge in [0, 0.05) is 18.5 Å². The second-order valence-electron chi connectivity index (χ2n) is 3.32. The largest absolute Gasteiger partial charge is 0.353 e. The van der Waals surface area contributed by atoms with Gasteiger partial charge >= 0.3 is 0 Å². The summed E-state index contributed by atoms with van der Waals surface area (Å²) in [5, 5.41) is 2.91. The number of carbonyl (C=O) groups is 1. The lowest BCUT2D eigenvalue weighted by atomic mass is 9.87. The van der Waals surface area contributed by atoms with Gasteiger partial charge in [-0.25, -0.2) is 0 Å². The van der Waals surface area contributed by atoms with Gasteiger partial charge in [0.15, 0.2) is 0 Å². The summed E-state index contributed by atoms with van der Waals surface area (Å²) in [6.07, 6.45) is 4.92. The highest BCUT2D eigenvalue weighted by atomic mass is 16.1. The Morgan fingerprint density at radius 1 is 1.67 bits per heavy atom. The molecule has 0 saturated heterocycles. The summed E-state index contributed by atoms with van der Waals surface area (Å²) in [4.78, 5) is 11.1. The zero-order chi connectivity index (χ0) is 8.97. The van der Waals surface area contributed by atoms with Crippen LogP contribution in [0.5, 0.6) is 0 Å². The van der Waals surface area contributed by atoms with E-state index in [2.05, 4.69) is 11.9 Å². The molecule has 1 amide bonds. The third-order valence-corrected chi connectivity index (χ3v) is 2.12. The van der Waals surface area contributed by atoms with Crippen LogP contribution in [-0.4, -0.2) is 18.0 Å². The van der Waals surface area contributed by atoms with Gasteiger partial charge < -0.3 is 11.1 Å². The molecular weight excluding hydrogens is 152 g/mol. The maximum Gasteiger partial charge on any atom is 0.220 e. The summed E-state index contributed by atoms with van der Waals surface area (Å²) in [6.45, 7) is 3.56. The Balaban J connectivity index is 2.06. The number of hydrogen-bond donors (Lipinski definition) is 2. The van der Waals surface area contributed by atoms with E-state index in [1.807, 2.05) is 0 Å². The molecule has 12 heavy (non-hydrogen) atoms. The molecule has 0 aromatic heterocycles. The predicted octanol–water partition coefficient (Wildman–Crippen LogP) is 0.558. The first-order chi connectivity index (χ1) is 5.72. The highest BCUT2D eigenvalue weighted by Crippen LogP contribution is 2.17. The fourth-order valence-electron chi connectivity index (χ4n) is 1.31. The summed E-state index contributed by atoms with van der Waals surface area (Å²) in [6, 6.07) is 0.631. The number of rotatable bonds is 4. The molecule has 1 aliphatic rings. The van der Waals surface area contributed by atoms with E-state index >= 15 is 0 Å². The normalized spacial score (nSPS) is 27.4. The molecule has 1 aliphatic carbocycles. The molecule has 0 spiro atoms. The molecule has 0 heterocycles. The maximum absolute atomic E-state index is 11.1. The van der Waals surface area contributed by atoms with E-state index in [0.717, 1.165) is 19.3 Å². The van der Waals surface area contributed by atoms with Crippen molar-refractivity contribution in [2.24, 2.45) is 5.73 Å². The van der Waals surface area contributed by atoms with E-state index in [0.29, 0.717) is 18.5 Å². The van der Waals surface area contributed by atoms with E-state index in [4.69, 9.17) is 5.73 Å². The van der Waals surface area contributed by atoms with Gasteiger partial charge in [0.25, 0.3) is 0 Å². The van der Waals surface area contributed by atoms with E-state index in [-0.39, 0.29) is 5.91 Å². The van der Waals surface area contributed by atoms with Crippen molar-refractivity contribution in [3.05, 3.63) is 12.7 Å². The first-order valence-electron chi connectivity index (χ1n) is 4.38. The maximum atomic E-state index is 11.1. The van der Waals surface area contributed by atoms with Gasteiger partial charge in [0.05, 0.1) is 0 Å². The molecule has 0 atom stereocenters. The topological polar surface area (TPSA) is 55.1 Å². The lowest BCUT2D eigenvalue weighted by Crippen LogP contribution is -2.50. The highest BCUT2D eigenvalue weighted by molar-refractivity contribution is 5.76. The van der Waals surface area contributed by atoms with E-state index < -0.39 is 0 Å². The van der Waals surface area contributed by atoms with Crippen molar-refractivity contribution in [2.75, 3.05) is 0 Å². The van der Waals surface area contributed by atoms with Crippen LogP contribution in [0.4, 0.5) is 0 Å². The van der Waals surface area contributed by atoms with Crippen LogP contribution in [0.15, 0.2) is 12.7 Å². The monoisotopic (exact) mass is 168 g/mol. The SMILES string of the molecule is C=CCCC(=O)NC1CC(N)C1. The van der Waals surface area contributed by atoms with Gasteiger partial charge in [-0.05, 0) is 19.3 Å². The van der Waals surface area contributed by atoms with Gasteiger partial charge in [-0.1, -0.05) is 6.08 Å². The number of hydrogen-bond acceptors (Lipinski definition) is 2. The Morgan fingerprint density at radius 2 is 2.33 bits per heavy atom. The first kappa shape index (κ1) is 9.26. The average Bonchev–Trinajstić information content (AvgIpc) is 1.98. The number of allylic oxidation sites excluding steroid dienone is 1. The van der Waals surface area contributed by atoms with Crippen LogP contribution in [0.1, 0.15) is 25.7 Å². The van der Waals surface area contributed by atoms with Crippen LogP contribution in [0.25, 0.3) is 0 Å². The first-order valence-corrected chi connectivity index (χ1v) is 4.38. The molecular formula is C9H16N2O. The molecule has 1 fully saturated rings. The second-order valence-corrected chi connectivity index (χ2v) is 3.32. The molecule has 1 saturated carbocycles. The van der Waals surface area contributed by atoms with Crippen LogP contribution >= 0.6 is 0 Å². The minimum Gasteiger partial charge on any atom is -0.353 e. The van der Waals surface area contributed by atoms with Gasteiger partial charge in [-0.3, -0.25) is 4.79 Å². The summed E-state index contributed by atoms with van der Waals surface area (Å²) >= 11 is 0. The summed E-state index contributed by atoms with van der Waals surface area (Å²) in [5.41, 5.74) is 5.58. The van der Waals surface area contributed by atoms with Crippen molar-refractivity contribution in [3.8, 4) is 0 Å². The van der Waals surface area contributed by atoms with Crippen molar-refractivity contribution >= 4 is 5.91 Å². The smallest absolute Gasteiger partial charge is 0.220 e. The molecule has 3 nitrogen and oxygen atoms in total. The van der Waals surface area contributed by atoms with Crippen molar-refractivity contribution in [1.29, 1.82) is 0 Å². The predicted molar refractivity (Wildman–Crippen MR) is 48.6 cm³/mol. The lowest BCUT2D eigenvalue weighted by molar-refractivity contribution is -0.122. The molecule has 3 heteroatoms. The number of amides is 1. The van der Waals surface area contributed by atoms with Gasteiger partial charge in [-0.15, -0.1) is 6.58 Å². The molecule has 0 unspecified atom stereocenters. The van der Waals surface area contributed by atoms with Crippen LogP contribution < -0.4 is 11.1 Å². The average molecular weight is 168 g/mol. The van der Waals surface area contributed by atoms with Crippen molar-refractivity contribution < 1.29 is 4.79 Å². The van der Waals surface area contributed by atoms with Crippen LogP contribution in [0.3, 0.4) is 0 Å². The van der Waals surface area contributed by atoms with E-state index in [1.165, 1.54) is 0 Å². The van der Waals surface area contributed by atoms with Gasteiger partial charge in [0.2, 0.25) is 5.91 Å². The molecule has 0 aliphatic heterocycles. The molecule has 0 aromatic rings. The van der Waals surface area contributed by atoms with Crippen LogP contribution in [-0.2, 0) is 4.79 Å². The van der Waals surface area contributed by atoms with Crippen molar-refractivity contribution in [1.82, 2.24) is 5.32 Å². The Morgan fingerprint density at radius 3 is 2.83 bits per heavy atom. The summed E-state index contributed by atoms with van der Waals surface area (Å²) < 4.78 is 0. The summed E-state index contributed by atoms with van der Waals surface area (Å²) in [5.74, 6) is 0.117. The zero-order valence-corrected chi connectivity index (χ0v) is 7.25. The van der Waals surface area contributed by atoms with Crippen LogP contribution in [0.2, 0.25) is 0 Å². The number of carbonyl (C=O) groups excluding carboxylic acids is 1. The number of nitrogens with two attached hydrogens (primary N) is 1. The lowest BCUT2D eigenvalue weighted by Gasteiger charge is -2.32. The third kappa shape index (κ3) is 2.66. The Kier molecular flexibility index (Phi) is 3.29. The molecule has 1 rings (SSSR count). The Bertz CT molecular complexity index is 173. The van der Waals surface area contributed by atoms with E-state index in [9.17, 15) is 4.79 Å². The Labute approximate surface area is 73.0 Å². The molecule has 0 aromatic carbocycles. The second kappa shape index (κ2) is 4.26. The standard InChI is InChI=1S/C9H16N2O/c1-2-3-4-9(12)11-8-5-7(10)6-8/h2,7-8H,1,3-6,10H2,(H,11,12). The molecule has 68 valence electrons. The van der Waals surface area contributed by atoms with Crippen molar-refractivity contribution in [3.63, 3.8) is 0 Å². The molecule has 0 bridgehead atoms. The van der Waals surface area contributed by atoms with Crippen molar-refractivity contribution in [2.45, 2.75) is 37.8 Å². The summed E-state index contributed by atoms with van der Waals surface area (Å²) in [7, 11) is 0. The minimum atomic E-state index is 0.117. The number of nitrogens with one attached hydrogen (secondary N) is 1. The van der Waals surface area contributed by atoms with Gasteiger partial charge in [0.1, 0.15) is 0 Å². The van der Waals surface area contributed by atoms with Crippen LogP contribution in [0, 0.1) is 0 Å². The molecule has 0 radical (unpaired) electrons. The zero-order valence-electron chi connectivity index (χ0n) is 7.25.